The van der Waals surface area contributed by atoms with Crippen molar-refractivity contribution in [2.45, 2.75) is 6.42 Å². The van der Waals surface area contributed by atoms with Gasteiger partial charge in [0.2, 0.25) is 0 Å². The van der Waals surface area contributed by atoms with Crippen molar-refractivity contribution in [3.8, 4) is 5.75 Å². The molecule has 2 saturated heterocycles. The van der Waals surface area contributed by atoms with Crippen molar-refractivity contribution in [2.75, 3.05) is 33.2 Å². The van der Waals surface area contributed by atoms with E-state index in [0.29, 0.717) is 11.6 Å². The number of phenolic OH excluding ortho intramolecular Hbond substituents is 1. The van der Waals surface area contributed by atoms with Gasteiger partial charge >= 0.3 is 0 Å². The molecular weight excluding hydrogens is 299 g/mol. The Kier molecular flexibility index (Phi) is 3.35. The molecule has 0 atom stereocenters. The molecule has 1 amide bonds. The lowest BCUT2D eigenvalue weighted by molar-refractivity contribution is 0.0293. The molecule has 0 unspecified atom stereocenters. The molecule has 1 N–H and O–H groups in total. The minimum absolute atomic E-state index is 0.154. The number of rotatable bonds is 1. The van der Waals surface area contributed by atoms with Gasteiger partial charge in [0.1, 0.15) is 5.75 Å². The Morgan fingerprint density at radius 2 is 2.00 bits per heavy atom. The van der Waals surface area contributed by atoms with E-state index in [2.05, 4.69) is 11.9 Å². The van der Waals surface area contributed by atoms with Gasteiger partial charge in [0, 0.05) is 36.6 Å². The lowest BCUT2D eigenvalue weighted by Gasteiger charge is -2.46. The van der Waals surface area contributed by atoms with Crippen molar-refractivity contribution in [3.05, 3.63) is 27.7 Å². The summed E-state index contributed by atoms with van der Waals surface area (Å²) in [6.45, 7) is 3.49. The lowest BCUT2D eigenvalue weighted by Crippen LogP contribution is -2.55. The van der Waals surface area contributed by atoms with E-state index in [1.54, 1.807) is 4.90 Å². The van der Waals surface area contributed by atoms with Crippen molar-refractivity contribution in [1.29, 1.82) is 0 Å². The number of likely N-dealkylation sites (tertiary alicyclic amines) is 2. The number of halogens is 2. The Hall–Kier alpha value is -0.970. The Morgan fingerprint density at radius 1 is 1.30 bits per heavy atom. The lowest BCUT2D eigenvalue weighted by atomic mass is 9.79. The molecule has 2 heterocycles. The van der Waals surface area contributed by atoms with E-state index < -0.39 is 0 Å². The zero-order valence-corrected chi connectivity index (χ0v) is 12.7. The van der Waals surface area contributed by atoms with Gasteiger partial charge in [0.05, 0.1) is 10.6 Å². The van der Waals surface area contributed by atoms with Crippen LogP contribution in [0.2, 0.25) is 10.0 Å². The first-order chi connectivity index (χ1) is 9.40. The van der Waals surface area contributed by atoms with Crippen LogP contribution in [0, 0.1) is 5.41 Å². The van der Waals surface area contributed by atoms with Gasteiger partial charge in [-0.25, -0.2) is 0 Å². The molecule has 108 valence electrons. The molecule has 0 aliphatic carbocycles. The first-order valence-electron chi connectivity index (χ1n) is 6.56. The number of carbonyl (C=O) groups excluding carboxylic acids is 1. The largest absolute Gasteiger partial charge is 0.507 e. The van der Waals surface area contributed by atoms with Gasteiger partial charge in [0.25, 0.3) is 5.91 Å². The van der Waals surface area contributed by atoms with Crippen LogP contribution in [0.25, 0.3) is 0 Å². The molecule has 3 rings (SSSR count). The van der Waals surface area contributed by atoms with Gasteiger partial charge in [-0.2, -0.15) is 0 Å². The van der Waals surface area contributed by atoms with E-state index >= 15 is 0 Å². The fourth-order valence-electron chi connectivity index (χ4n) is 3.40. The molecule has 0 radical (unpaired) electrons. The molecule has 0 saturated carbocycles. The standard InChI is InChI=1S/C14H16Cl2N2O2/c1-17-6-14(7-17)2-3-18(8-14)13(20)12-10(16)4-9(15)5-11(12)19/h4-5,19H,2-3,6-8H2,1H3. The molecule has 0 bridgehead atoms. The molecule has 20 heavy (non-hydrogen) atoms. The van der Waals surface area contributed by atoms with E-state index in [1.807, 2.05) is 0 Å². The minimum atomic E-state index is -0.212. The Balaban J connectivity index is 1.81. The van der Waals surface area contributed by atoms with Gasteiger partial charge in [-0.05, 0) is 25.6 Å². The maximum Gasteiger partial charge on any atom is 0.259 e. The number of phenols is 1. The summed E-state index contributed by atoms with van der Waals surface area (Å²) in [4.78, 5) is 16.6. The quantitative estimate of drug-likeness (QED) is 0.866. The van der Waals surface area contributed by atoms with E-state index in [0.717, 1.165) is 26.1 Å². The third-order valence-electron chi connectivity index (χ3n) is 4.18. The summed E-state index contributed by atoms with van der Waals surface area (Å²) in [6.07, 6.45) is 1.01. The summed E-state index contributed by atoms with van der Waals surface area (Å²) < 4.78 is 0. The Bertz CT molecular complexity index is 547. The highest BCUT2D eigenvalue weighted by Gasteiger charge is 2.47. The van der Waals surface area contributed by atoms with Crippen LogP contribution in [-0.4, -0.2) is 54.0 Å². The van der Waals surface area contributed by atoms with Crippen LogP contribution in [0.1, 0.15) is 16.8 Å². The van der Waals surface area contributed by atoms with Crippen molar-refractivity contribution < 1.29 is 9.90 Å². The van der Waals surface area contributed by atoms with Gasteiger partial charge in [-0.1, -0.05) is 23.2 Å². The maximum atomic E-state index is 12.5. The molecule has 2 aliphatic rings. The highest BCUT2D eigenvalue weighted by Crippen LogP contribution is 2.40. The summed E-state index contributed by atoms with van der Waals surface area (Å²) in [5, 5.41) is 10.4. The molecule has 2 aliphatic heterocycles. The number of nitrogens with zero attached hydrogens (tertiary/aromatic N) is 2. The normalized spacial score (nSPS) is 21.2. The van der Waals surface area contributed by atoms with Crippen LogP contribution >= 0.6 is 23.2 Å². The highest BCUT2D eigenvalue weighted by molar-refractivity contribution is 6.37. The molecular formula is C14H16Cl2N2O2. The van der Waals surface area contributed by atoms with Crippen LogP contribution in [0.3, 0.4) is 0 Å². The third-order valence-corrected chi connectivity index (χ3v) is 4.70. The molecule has 6 heteroatoms. The predicted molar refractivity (Wildman–Crippen MR) is 78.6 cm³/mol. The van der Waals surface area contributed by atoms with Crippen molar-refractivity contribution in [2.24, 2.45) is 5.41 Å². The Morgan fingerprint density at radius 3 is 2.60 bits per heavy atom. The van der Waals surface area contributed by atoms with Crippen LogP contribution in [0.15, 0.2) is 12.1 Å². The van der Waals surface area contributed by atoms with Gasteiger partial charge < -0.3 is 14.9 Å². The second-order valence-electron chi connectivity index (χ2n) is 5.93. The molecule has 4 nitrogen and oxygen atoms in total. The van der Waals surface area contributed by atoms with E-state index in [9.17, 15) is 9.90 Å². The summed E-state index contributed by atoms with van der Waals surface area (Å²) in [6, 6.07) is 2.84. The van der Waals surface area contributed by atoms with Gasteiger partial charge in [-0.15, -0.1) is 0 Å². The smallest absolute Gasteiger partial charge is 0.259 e. The van der Waals surface area contributed by atoms with E-state index in [1.165, 1.54) is 12.1 Å². The van der Waals surface area contributed by atoms with Crippen LogP contribution in [-0.2, 0) is 0 Å². The molecule has 1 aromatic carbocycles. The fraction of sp³-hybridized carbons (Fsp3) is 0.500. The second-order valence-corrected chi connectivity index (χ2v) is 6.77. The topological polar surface area (TPSA) is 43.8 Å². The summed E-state index contributed by atoms with van der Waals surface area (Å²) in [5.74, 6) is -0.366. The van der Waals surface area contributed by atoms with Crippen LogP contribution in [0.5, 0.6) is 5.75 Å². The number of amides is 1. The molecule has 1 aromatic rings. The van der Waals surface area contributed by atoms with Crippen molar-refractivity contribution in [3.63, 3.8) is 0 Å². The number of carbonyl (C=O) groups is 1. The molecule has 1 spiro atoms. The highest BCUT2D eigenvalue weighted by atomic mass is 35.5. The zero-order valence-electron chi connectivity index (χ0n) is 11.2. The molecule has 2 fully saturated rings. The third kappa shape index (κ3) is 2.26. The summed E-state index contributed by atoms with van der Waals surface area (Å²) in [5.41, 5.74) is 0.389. The fourth-order valence-corrected chi connectivity index (χ4v) is 3.96. The second kappa shape index (κ2) is 4.79. The van der Waals surface area contributed by atoms with Gasteiger partial charge in [0.15, 0.2) is 0 Å². The predicted octanol–water partition coefficient (Wildman–Crippen LogP) is 2.48. The molecule has 0 aromatic heterocycles. The maximum absolute atomic E-state index is 12.5. The monoisotopic (exact) mass is 314 g/mol. The summed E-state index contributed by atoms with van der Waals surface area (Å²) >= 11 is 11.9. The number of aromatic hydroxyl groups is 1. The average molecular weight is 315 g/mol. The van der Waals surface area contributed by atoms with Crippen LogP contribution in [0.4, 0.5) is 0 Å². The SMILES string of the molecule is CN1CC2(CCN(C(=O)c3c(O)cc(Cl)cc3Cl)C2)C1. The number of hydrogen-bond donors (Lipinski definition) is 1. The number of benzene rings is 1. The first-order valence-corrected chi connectivity index (χ1v) is 7.32. The van der Waals surface area contributed by atoms with Crippen LogP contribution < -0.4 is 0 Å². The first kappa shape index (κ1) is 14.0. The van der Waals surface area contributed by atoms with E-state index in [-0.39, 0.29) is 27.7 Å². The number of hydrogen-bond acceptors (Lipinski definition) is 3. The van der Waals surface area contributed by atoms with Gasteiger partial charge in [-0.3, -0.25) is 4.79 Å². The van der Waals surface area contributed by atoms with Crippen molar-refractivity contribution >= 4 is 29.1 Å². The minimum Gasteiger partial charge on any atom is -0.507 e. The summed E-state index contributed by atoms with van der Waals surface area (Å²) in [7, 11) is 2.08. The zero-order chi connectivity index (χ0) is 14.5. The van der Waals surface area contributed by atoms with E-state index in [4.69, 9.17) is 23.2 Å². The van der Waals surface area contributed by atoms with Crippen molar-refractivity contribution in [1.82, 2.24) is 9.80 Å². The average Bonchev–Trinajstić information content (AvgIpc) is 2.72. The Labute approximate surface area is 127 Å².